The van der Waals surface area contributed by atoms with E-state index >= 15 is 0 Å². The number of carbonyl (C=O) groups is 2. The lowest BCUT2D eigenvalue weighted by atomic mass is 9.93. The third-order valence-corrected chi connectivity index (χ3v) is 4.27. The van der Waals surface area contributed by atoms with Crippen molar-refractivity contribution in [1.29, 1.82) is 0 Å². The number of unbranched alkanes of at least 4 members (excludes halogenated alkanes) is 1. The van der Waals surface area contributed by atoms with E-state index in [0.29, 0.717) is 25.3 Å². The molecule has 1 aliphatic rings. The molecule has 6 heteroatoms. The molecule has 1 fully saturated rings. The van der Waals surface area contributed by atoms with Gasteiger partial charge in [-0.05, 0) is 31.7 Å². The summed E-state index contributed by atoms with van der Waals surface area (Å²) in [7, 11) is 0. The van der Waals surface area contributed by atoms with E-state index in [1.807, 2.05) is 0 Å². The van der Waals surface area contributed by atoms with E-state index in [1.54, 1.807) is 0 Å². The highest BCUT2D eigenvalue weighted by Gasteiger charge is 2.25. The minimum atomic E-state index is -0.834. The van der Waals surface area contributed by atoms with Gasteiger partial charge in [0.1, 0.15) is 0 Å². The van der Waals surface area contributed by atoms with Gasteiger partial charge < -0.3 is 21.9 Å². The Morgan fingerprint density at radius 1 is 1.24 bits per heavy atom. The van der Waals surface area contributed by atoms with E-state index in [2.05, 4.69) is 5.32 Å². The van der Waals surface area contributed by atoms with Crippen molar-refractivity contribution < 1.29 is 14.7 Å². The topological polar surface area (TPSA) is 118 Å². The van der Waals surface area contributed by atoms with Gasteiger partial charge >= 0.3 is 5.97 Å². The number of hydrogen-bond acceptors (Lipinski definition) is 4. The Balaban J connectivity index is 2.30. The molecule has 2 atom stereocenters. The van der Waals surface area contributed by atoms with Crippen molar-refractivity contribution in [2.75, 3.05) is 13.1 Å². The quantitative estimate of drug-likeness (QED) is 0.446. The van der Waals surface area contributed by atoms with Crippen LogP contribution in [0.3, 0.4) is 0 Å². The molecule has 0 aromatic rings. The zero-order valence-corrected chi connectivity index (χ0v) is 12.7. The van der Waals surface area contributed by atoms with E-state index in [-0.39, 0.29) is 12.5 Å². The van der Waals surface area contributed by atoms with Gasteiger partial charge in [-0.2, -0.15) is 0 Å². The summed E-state index contributed by atoms with van der Waals surface area (Å²) in [6.45, 7) is 0.770. The highest BCUT2D eigenvalue weighted by molar-refractivity contribution is 5.82. The lowest BCUT2D eigenvalue weighted by Gasteiger charge is -2.18. The molecule has 122 valence electrons. The van der Waals surface area contributed by atoms with Crippen LogP contribution in [0.5, 0.6) is 0 Å². The summed E-state index contributed by atoms with van der Waals surface area (Å²) in [5, 5.41) is 12.0. The molecule has 0 radical (unpaired) electrons. The zero-order chi connectivity index (χ0) is 15.7. The molecule has 1 aliphatic carbocycles. The van der Waals surface area contributed by atoms with Gasteiger partial charge in [0.2, 0.25) is 5.91 Å². The number of carboxylic acids is 1. The number of carbonyl (C=O) groups excluding carboxylic acids is 1. The van der Waals surface area contributed by atoms with Gasteiger partial charge in [-0.15, -0.1) is 0 Å². The van der Waals surface area contributed by atoms with Gasteiger partial charge in [-0.1, -0.05) is 32.1 Å². The minimum absolute atomic E-state index is 0.176. The number of hydrogen-bond donors (Lipinski definition) is 4. The molecule has 0 spiro atoms. The molecule has 6 nitrogen and oxygen atoms in total. The first kappa shape index (κ1) is 17.9. The maximum Gasteiger partial charge on any atom is 0.308 e. The molecular formula is C15H29N3O3. The molecule has 0 saturated heterocycles. The Hall–Kier alpha value is -1.14. The largest absolute Gasteiger partial charge is 0.481 e. The number of nitrogens with one attached hydrogen (secondary N) is 1. The van der Waals surface area contributed by atoms with Gasteiger partial charge in [0, 0.05) is 6.54 Å². The number of aliphatic carboxylic acids is 1. The first-order valence-corrected chi connectivity index (χ1v) is 8.00. The second-order valence-electron chi connectivity index (χ2n) is 6.06. The van der Waals surface area contributed by atoms with Crippen LogP contribution < -0.4 is 16.8 Å². The lowest BCUT2D eigenvalue weighted by molar-refractivity contribution is -0.142. The van der Waals surface area contributed by atoms with Gasteiger partial charge in [-0.3, -0.25) is 9.59 Å². The lowest BCUT2D eigenvalue weighted by Crippen LogP contribution is -2.43. The summed E-state index contributed by atoms with van der Waals surface area (Å²) in [6.07, 6.45) is 7.49. The third-order valence-electron chi connectivity index (χ3n) is 4.27. The molecule has 2 unspecified atom stereocenters. The molecule has 1 saturated carbocycles. The van der Waals surface area contributed by atoms with Crippen molar-refractivity contribution in [1.82, 2.24) is 5.32 Å². The summed E-state index contributed by atoms with van der Waals surface area (Å²) >= 11 is 0. The van der Waals surface area contributed by atoms with Crippen LogP contribution in [-0.4, -0.2) is 36.1 Å². The number of carboxylic acid groups (broad SMARTS) is 1. The smallest absolute Gasteiger partial charge is 0.308 e. The molecule has 0 heterocycles. The van der Waals surface area contributed by atoms with Gasteiger partial charge in [0.25, 0.3) is 0 Å². The van der Waals surface area contributed by atoms with Crippen molar-refractivity contribution >= 4 is 11.9 Å². The Morgan fingerprint density at radius 2 is 1.90 bits per heavy atom. The summed E-state index contributed by atoms with van der Waals surface area (Å²) in [5.74, 6) is -1.11. The first-order valence-electron chi connectivity index (χ1n) is 8.00. The fourth-order valence-electron chi connectivity index (χ4n) is 2.91. The maximum absolute atomic E-state index is 11.8. The van der Waals surface area contributed by atoms with E-state index in [1.165, 1.54) is 12.8 Å². The van der Waals surface area contributed by atoms with Crippen LogP contribution in [-0.2, 0) is 9.59 Å². The Labute approximate surface area is 126 Å². The van der Waals surface area contributed by atoms with Gasteiger partial charge in [-0.25, -0.2) is 0 Å². The zero-order valence-electron chi connectivity index (χ0n) is 12.7. The molecule has 0 aromatic carbocycles. The van der Waals surface area contributed by atoms with Crippen LogP contribution in [0.4, 0.5) is 0 Å². The van der Waals surface area contributed by atoms with Crippen molar-refractivity contribution in [3.05, 3.63) is 0 Å². The first-order chi connectivity index (χ1) is 10.0. The monoisotopic (exact) mass is 299 g/mol. The third kappa shape index (κ3) is 6.91. The van der Waals surface area contributed by atoms with Crippen LogP contribution in [0.25, 0.3) is 0 Å². The Kier molecular flexibility index (Phi) is 8.30. The van der Waals surface area contributed by atoms with Crippen LogP contribution in [0.2, 0.25) is 0 Å². The SMILES string of the molecule is NCCCCC(N)C(=O)NCC(CC1CCCC1)C(=O)O. The van der Waals surface area contributed by atoms with Crippen molar-refractivity contribution in [3.8, 4) is 0 Å². The summed E-state index contributed by atoms with van der Waals surface area (Å²) < 4.78 is 0. The average molecular weight is 299 g/mol. The van der Waals surface area contributed by atoms with E-state index in [0.717, 1.165) is 25.7 Å². The molecule has 6 N–H and O–H groups in total. The molecule has 0 bridgehead atoms. The Bertz CT molecular complexity index is 330. The van der Waals surface area contributed by atoms with Crippen molar-refractivity contribution in [2.45, 2.75) is 57.4 Å². The molecular weight excluding hydrogens is 270 g/mol. The molecule has 0 aliphatic heterocycles. The second-order valence-corrected chi connectivity index (χ2v) is 6.06. The molecule has 0 aromatic heterocycles. The minimum Gasteiger partial charge on any atom is -0.481 e. The predicted molar refractivity (Wildman–Crippen MR) is 81.6 cm³/mol. The average Bonchev–Trinajstić information content (AvgIpc) is 2.95. The van der Waals surface area contributed by atoms with E-state index in [9.17, 15) is 14.7 Å². The molecule has 21 heavy (non-hydrogen) atoms. The van der Waals surface area contributed by atoms with Crippen molar-refractivity contribution in [3.63, 3.8) is 0 Å². The summed E-state index contributed by atoms with van der Waals surface area (Å²) in [5.41, 5.74) is 11.2. The Morgan fingerprint density at radius 3 is 2.48 bits per heavy atom. The van der Waals surface area contributed by atoms with Crippen LogP contribution in [0, 0.1) is 11.8 Å². The number of amides is 1. The summed E-state index contributed by atoms with van der Waals surface area (Å²) in [4.78, 5) is 23.1. The highest BCUT2D eigenvalue weighted by Crippen LogP contribution is 2.30. The van der Waals surface area contributed by atoms with Crippen LogP contribution >= 0.6 is 0 Å². The van der Waals surface area contributed by atoms with E-state index < -0.39 is 17.9 Å². The fraction of sp³-hybridized carbons (Fsp3) is 0.867. The standard InChI is InChI=1S/C15H29N3O3/c16-8-4-3-7-13(17)14(19)18-10-12(15(20)21)9-11-5-1-2-6-11/h11-13H,1-10,16-17H2,(H,18,19)(H,20,21). The number of rotatable bonds is 10. The predicted octanol–water partition coefficient (Wildman–Crippen LogP) is 0.840. The second kappa shape index (κ2) is 9.73. The van der Waals surface area contributed by atoms with Crippen LogP contribution in [0.1, 0.15) is 51.4 Å². The molecule has 1 rings (SSSR count). The fourth-order valence-corrected chi connectivity index (χ4v) is 2.91. The van der Waals surface area contributed by atoms with Crippen molar-refractivity contribution in [2.24, 2.45) is 23.3 Å². The van der Waals surface area contributed by atoms with Gasteiger partial charge in [0.05, 0.1) is 12.0 Å². The van der Waals surface area contributed by atoms with Crippen LogP contribution in [0.15, 0.2) is 0 Å². The molecule has 1 amide bonds. The highest BCUT2D eigenvalue weighted by atomic mass is 16.4. The summed E-state index contributed by atoms with van der Waals surface area (Å²) in [6, 6.07) is -0.572. The van der Waals surface area contributed by atoms with Gasteiger partial charge in [0.15, 0.2) is 0 Å². The van der Waals surface area contributed by atoms with E-state index in [4.69, 9.17) is 11.5 Å². The normalized spacial score (nSPS) is 18.4. The number of nitrogens with two attached hydrogens (primary N) is 2. The maximum atomic E-state index is 11.8.